The molecule has 0 amide bonds. The lowest BCUT2D eigenvalue weighted by Gasteiger charge is -2.19. The molecular formula is C27H35FN2O3S. The van der Waals surface area contributed by atoms with E-state index in [1.54, 1.807) is 0 Å². The van der Waals surface area contributed by atoms with Gasteiger partial charge in [0.2, 0.25) is 10.0 Å². The van der Waals surface area contributed by atoms with Crippen molar-refractivity contribution in [3.05, 3.63) is 72.1 Å². The Balaban J connectivity index is 1.89. The highest BCUT2D eigenvalue weighted by atomic mass is 32.2. The zero-order valence-corrected chi connectivity index (χ0v) is 21.5. The van der Waals surface area contributed by atoms with E-state index in [0.29, 0.717) is 5.75 Å². The molecule has 2 aromatic rings. The summed E-state index contributed by atoms with van der Waals surface area (Å²) in [5, 5.41) is 0. The monoisotopic (exact) mass is 486 g/mol. The van der Waals surface area contributed by atoms with E-state index in [2.05, 4.69) is 50.5 Å². The van der Waals surface area contributed by atoms with Crippen LogP contribution in [0.3, 0.4) is 0 Å². The second-order valence-corrected chi connectivity index (χ2v) is 11.1. The maximum atomic E-state index is 13.1. The van der Waals surface area contributed by atoms with Crippen LogP contribution in [0.4, 0.5) is 4.39 Å². The number of allylic oxidation sites excluding steroid dienone is 1. The molecule has 0 N–H and O–H groups in total. The highest BCUT2D eigenvalue weighted by molar-refractivity contribution is 7.89. The van der Waals surface area contributed by atoms with Crippen LogP contribution in [-0.4, -0.2) is 50.9 Å². The maximum absolute atomic E-state index is 13.1. The molecule has 2 rings (SSSR count). The van der Waals surface area contributed by atoms with Crippen molar-refractivity contribution in [2.75, 3.05) is 33.3 Å². The lowest BCUT2D eigenvalue weighted by atomic mass is 9.98. The van der Waals surface area contributed by atoms with E-state index >= 15 is 0 Å². The highest BCUT2D eigenvalue weighted by Crippen LogP contribution is 2.17. The maximum Gasteiger partial charge on any atom is 0.242 e. The van der Waals surface area contributed by atoms with Crippen molar-refractivity contribution in [1.29, 1.82) is 0 Å². The zero-order chi connectivity index (χ0) is 25.2. The van der Waals surface area contributed by atoms with Crippen LogP contribution in [0, 0.1) is 23.1 Å². The first kappa shape index (κ1) is 27.6. The summed E-state index contributed by atoms with van der Waals surface area (Å²) in [6, 6.07) is 12.6. The number of nitrogens with zero attached hydrogens (tertiary/aromatic N) is 2. The number of ether oxygens (including phenoxy) is 1. The molecule has 0 fully saturated rings. The van der Waals surface area contributed by atoms with Crippen molar-refractivity contribution in [2.45, 2.75) is 39.1 Å². The van der Waals surface area contributed by atoms with Crippen LogP contribution < -0.4 is 4.74 Å². The van der Waals surface area contributed by atoms with E-state index in [4.69, 9.17) is 4.74 Å². The molecule has 0 unspecified atom stereocenters. The van der Waals surface area contributed by atoms with E-state index in [9.17, 15) is 12.8 Å². The predicted octanol–water partition coefficient (Wildman–Crippen LogP) is 4.95. The minimum Gasteiger partial charge on any atom is -0.492 e. The number of likely N-dealkylation sites (N-methyl/N-ethyl adjacent to an activating group) is 2. The van der Waals surface area contributed by atoms with Gasteiger partial charge in [-0.25, -0.2) is 12.8 Å². The molecule has 0 aliphatic rings. The Morgan fingerprint density at radius 1 is 1.12 bits per heavy atom. The molecule has 0 atom stereocenters. The Bertz CT molecular complexity index is 1110. The van der Waals surface area contributed by atoms with Gasteiger partial charge in [0.05, 0.1) is 4.90 Å². The molecule has 0 heterocycles. The molecule has 0 saturated heterocycles. The lowest BCUT2D eigenvalue weighted by molar-refractivity contribution is 0.284. The number of rotatable bonds is 11. The summed E-state index contributed by atoms with van der Waals surface area (Å²) in [4.78, 5) is 2.34. The number of hydrogen-bond donors (Lipinski definition) is 0. The molecule has 0 radical (unpaired) electrons. The van der Waals surface area contributed by atoms with Crippen molar-refractivity contribution in [3.8, 4) is 17.6 Å². The van der Waals surface area contributed by atoms with Crippen LogP contribution in [0.2, 0.25) is 0 Å². The van der Waals surface area contributed by atoms with Crippen molar-refractivity contribution < 1.29 is 17.5 Å². The standard InChI is InChI=1S/C27H35FN2O3S/c1-6-30(18-9-7-8-17-27(2,3)4)22-23-11-10-12-25(21-23)33-20-19-29(5)34(31,32)26-15-13-24(28)14-16-26/h7,9-16,21H,6,18-20,22H2,1-5H3/b9-7+. The van der Waals surface area contributed by atoms with Crippen LogP contribution >= 0.6 is 0 Å². The fourth-order valence-electron chi connectivity index (χ4n) is 3.01. The van der Waals surface area contributed by atoms with E-state index in [0.717, 1.165) is 37.3 Å². The molecule has 0 saturated carbocycles. The Morgan fingerprint density at radius 2 is 1.82 bits per heavy atom. The summed E-state index contributed by atoms with van der Waals surface area (Å²) < 4.78 is 45.3. The molecule has 7 heteroatoms. The molecular weight excluding hydrogens is 451 g/mol. The quantitative estimate of drug-likeness (QED) is 0.422. The Kier molecular flexibility index (Phi) is 10.3. The van der Waals surface area contributed by atoms with Gasteiger partial charge in [-0.2, -0.15) is 4.31 Å². The van der Waals surface area contributed by atoms with Gasteiger partial charge in [0, 0.05) is 32.1 Å². The van der Waals surface area contributed by atoms with Gasteiger partial charge in [-0.05, 0) is 75.4 Å². The van der Waals surface area contributed by atoms with Crippen LogP contribution in [0.1, 0.15) is 33.3 Å². The molecule has 0 aliphatic carbocycles. The third kappa shape index (κ3) is 9.30. The predicted molar refractivity (Wildman–Crippen MR) is 135 cm³/mol. The Labute approximate surface area is 204 Å². The molecule has 0 aromatic heterocycles. The minimum atomic E-state index is -3.70. The molecule has 0 aliphatic heterocycles. The average Bonchev–Trinajstić information content (AvgIpc) is 2.77. The van der Waals surface area contributed by atoms with Gasteiger partial charge in [0.15, 0.2) is 0 Å². The first-order chi connectivity index (χ1) is 16.0. The Morgan fingerprint density at radius 3 is 2.47 bits per heavy atom. The summed E-state index contributed by atoms with van der Waals surface area (Å²) in [6.45, 7) is 11.2. The fraction of sp³-hybridized carbons (Fsp3) is 0.407. The van der Waals surface area contributed by atoms with Crippen LogP contribution in [0.5, 0.6) is 5.75 Å². The average molecular weight is 487 g/mol. The summed E-state index contributed by atoms with van der Waals surface area (Å²) in [6.07, 6.45) is 3.98. The summed E-state index contributed by atoms with van der Waals surface area (Å²) >= 11 is 0. The van der Waals surface area contributed by atoms with Crippen molar-refractivity contribution in [2.24, 2.45) is 5.41 Å². The molecule has 0 bridgehead atoms. The van der Waals surface area contributed by atoms with Gasteiger partial charge in [0.25, 0.3) is 0 Å². The number of sulfonamides is 1. The zero-order valence-electron chi connectivity index (χ0n) is 20.7. The van der Waals surface area contributed by atoms with Crippen LogP contribution in [0.25, 0.3) is 0 Å². The van der Waals surface area contributed by atoms with Gasteiger partial charge in [-0.15, -0.1) is 0 Å². The number of halogens is 1. The molecule has 5 nitrogen and oxygen atoms in total. The topological polar surface area (TPSA) is 49.9 Å². The highest BCUT2D eigenvalue weighted by Gasteiger charge is 2.20. The van der Waals surface area contributed by atoms with Crippen molar-refractivity contribution in [3.63, 3.8) is 0 Å². The third-order valence-corrected chi connectivity index (χ3v) is 6.83. The summed E-state index contributed by atoms with van der Waals surface area (Å²) in [5.41, 5.74) is 1.11. The van der Waals surface area contributed by atoms with Gasteiger partial charge in [-0.1, -0.05) is 37.0 Å². The van der Waals surface area contributed by atoms with Gasteiger partial charge in [-0.3, -0.25) is 4.90 Å². The molecule has 2 aromatic carbocycles. The molecule has 34 heavy (non-hydrogen) atoms. The van der Waals surface area contributed by atoms with Crippen molar-refractivity contribution >= 4 is 10.0 Å². The normalized spacial score (nSPS) is 12.2. The summed E-state index contributed by atoms with van der Waals surface area (Å²) in [7, 11) is -2.21. The van der Waals surface area contributed by atoms with Crippen molar-refractivity contribution in [1.82, 2.24) is 9.21 Å². The van der Waals surface area contributed by atoms with E-state index in [-0.39, 0.29) is 23.5 Å². The van der Waals surface area contributed by atoms with Crippen LogP contribution in [0.15, 0.2) is 65.6 Å². The smallest absolute Gasteiger partial charge is 0.242 e. The largest absolute Gasteiger partial charge is 0.492 e. The lowest BCUT2D eigenvalue weighted by Crippen LogP contribution is -2.31. The van der Waals surface area contributed by atoms with Crippen LogP contribution in [-0.2, 0) is 16.6 Å². The van der Waals surface area contributed by atoms with Gasteiger partial charge < -0.3 is 4.74 Å². The van der Waals surface area contributed by atoms with E-state index < -0.39 is 15.8 Å². The van der Waals surface area contributed by atoms with E-state index in [1.807, 2.05) is 30.3 Å². The molecule has 184 valence electrons. The first-order valence-corrected chi connectivity index (χ1v) is 12.8. The van der Waals surface area contributed by atoms with Gasteiger partial charge in [0.1, 0.15) is 18.2 Å². The minimum absolute atomic E-state index is 0.00479. The molecule has 0 spiro atoms. The first-order valence-electron chi connectivity index (χ1n) is 11.3. The SMILES string of the molecule is CCN(C/C=C/C#CC(C)(C)C)Cc1cccc(OCCN(C)S(=O)(=O)c2ccc(F)cc2)c1. The summed E-state index contributed by atoms with van der Waals surface area (Å²) in [5.74, 6) is 6.50. The second kappa shape index (κ2) is 12.7. The Hall–Kier alpha value is -2.66. The fourth-order valence-corrected chi connectivity index (χ4v) is 4.17. The number of hydrogen-bond acceptors (Lipinski definition) is 4. The van der Waals surface area contributed by atoms with Gasteiger partial charge >= 0.3 is 0 Å². The second-order valence-electron chi connectivity index (χ2n) is 9.03. The third-order valence-electron chi connectivity index (χ3n) is 4.96. The van der Waals surface area contributed by atoms with E-state index in [1.165, 1.54) is 23.5 Å². The number of benzene rings is 2.